The molecule has 0 saturated carbocycles. The molecule has 0 bridgehead atoms. The van der Waals surface area contributed by atoms with E-state index in [1.807, 2.05) is 30.0 Å². The summed E-state index contributed by atoms with van der Waals surface area (Å²) in [5.41, 5.74) is 1.81. The quantitative estimate of drug-likeness (QED) is 0.878. The van der Waals surface area contributed by atoms with Crippen molar-refractivity contribution in [2.45, 2.75) is 13.8 Å². The van der Waals surface area contributed by atoms with Crippen LogP contribution in [0.3, 0.4) is 0 Å². The number of amides is 1. The van der Waals surface area contributed by atoms with Gasteiger partial charge in [-0.25, -0.2) is 4.79 Å². The summed E-state index contributed by atoms with van der Waals surface area (Å²) < 4.78 is 5.03. The van der Waals surface area contributed by atoms with Crippen LogP contribution in [0.15, 0.2) is 24.4 Å². The van der Waals surface area contributed by atoms with Gasteiger partial charge in [0.05, 0.1) is 12.8 Å². The SMILES string of the molecule is CCOC(=O)N1CCN(c2nncc(Nc3cccc(Cl)c3C)n2)CC1. The van der Waals surface area contributed by atoms with Gasteiger partial charge in [-0.05, 0) is 31.5 Å². The first-order valence-corrected chi connectivity index (χ1v) is 8.84. The second kappa shape index (κ2) is 8.18. The van der Waals surface area contributed by atoms with Gasteiger partial charge in [-0.1, -0.05) is 17.7 Å². The van der Waals surface area contributed by atoms with Crippen molar-refractivity contribution < 1.29 is 9.53 Å². The molecule has 138 valence electrons. The first-order valence-electron chi connectivity index (χ1n) is 8.47. The maximum absolute atomic E-state index is 11.8. The number of hydrogen-bond donors (Lipinski definition) is 1. The Morgan fingerprint density at radius 3 is 2.81 bits per heavy atom. The molecule has 2 heterocycles. The Hall–Kier alpha value is -2.61. The molecule has 1 aromatic heterocycles. The van der Waals surface area contributed by atoms with Gasteiger partial charge in [-0.15, -0.1) is 5.10 Å². The third kappa shape index (κ3) is 4.13. The molecule has 0 aliphatic carbocycles. The number of aromatic nitrogens is 3. The van der Waals surface area contributed by atoms with Crippen LogP contribution in [0.25, 0.3) is 0 Å². The Morgan fingerprint density at radius 1 is 1.31 bits per heavy atom. The molecule has 3 rings (SSSR count). The van der Waals surface area contributed by atoms with Gasteiger partial charge < -0.3 is 19.9 Å². The lowest BCUT2D eigenvalue weighted by atomic mass is 10.2. The van der Waals surface area contributed by atoms with Gasteiger partial charge in [0.15, 0.2) is 5.82 Å². The molecule has 2 aromatic rings. The van der Waals surface area contributed by atoms with Gasteiger partial charge in [0.2, 0.25) is 5.95 Å². The van der Waals surface area contributed by atoms with Crippen molar-refractivity contribution in [2.24, 2.45) is 0 Å². The second-order valence-electron chi connectivity index (χ2n) is 5.85. The highest BCUT2D eigenvalue weighted by Crippen LogP contribution is 2.25. The Kier molecular flexibility index (Phi) is 5.72. The van der Waals surface area contributed by atoms with E-state index in [-0.39, 0.29) is 6.09 Å². The van der Waals surface area contributed by atoms with E-state index in [0.29, 0.717) is 49.6 Å². The summed E-state index contributed by atoms with van der Waals surface area (Å²) in [5.74, 6) is 1.12. The van der Waals surface area contributed by atoms with Crippen LogP contribution in [0.4, 0.5) is 22.2 Å². The van der Waals surface area contributed by atoms with Crippen molar-refractivity contribution in [3.63, 3.8) is 0 Å². The zero-order chi connectivity index (χ0) is 18.5. The van der Waals surface area contributed by atoms with Gasteiger partial charge in [-0.2, -0.15) is 10.1 Å². The third-order valence-electron chi connectivity index (χ3n) is 4.17. The maximum Gasteiger partial charge on any atom is 0.409 e. The maximum atomic E-state index is 11.8. The molecule has 0 unspecified atom stereocenters. The zero-order valence-corrected chi connectivity index (χ0v) is 15.5. The summed E-state index contributed by atoms with van der Waals surface area (Å²) in [6, 6.07) is 5.65. The van der Waals surface area contributed by atoms with E-state index in [0.717, 1.165) is 11.3 Å². The van der Waals surface area contributed by atoms with Gasteiger partial charge in [0.1, 0.15) is 0 Å². The molecule has 1 aliphatic heterocycles. The van der Waals surface area contributed by atoms with E-state index >= 15 is 0 Å². The van der Waals surface area contributed by atoms with Crippen LogP contribution < -0.4 is 10.2 Å². The summed E-state index contributed by atoms with van der Waals surface area (Å²) in [7, 11) is 0. The van der Waals surface area contributed by atoms with E-state index in [1.54, 1.807) is 18.0 Å². The van der Waals surface area contributed by atoms with E-state index in [2.05, 4.69) is 20.5 Å². The van der Waals surface area contributed by atoms with E-state index in [1.165, 1.54) is 0 Å². The minimum Gasteiger partial charge on any atom is -0.450 e. The third-order valence-corrected chi connectivity index (χ3v) is 4.58. The van der Waals surface area contributed by atoms with Gasteiger partial charge in [-0.3, -0.25) is 0 Å². The van der Waals surface area contributed by atoms with Crippen molar-refractivity contribution in [2.75, 3.05) is 43.0 Å². The fourth-order valence-corrected chi connectivity index (χ4v) is 2.85. The second-order valence-corrected chi connectivity index (χ2v) is 6.26. The highest BCUT2D eigenvalue weighted by Gasteiger charge is 2.23. The number of halogens is 1. The Morgan fingerprint density at radius 2 is 2.08 bits per heavy atom. The lowest BCUT2D eigenvalue weighted by Crippen LogP contribution is -2.49. The van der Waals surface area contributed by atoms with Crippen LogP contribution in [-0.2, 0) is 4.74 Å². The number of piperazine rings is 1. The summed E-state index contributed by atoms with van der Waals surface area (Å²) in [4.78, 5) is 20.0. The molecule has 0 radical (unpaired) electrons. The molecule has 8 nitrogen and oxygen atoms in total. The first kappa shape index (κ1) is 18.2. The predicted molar refractivity (Wildman–Crippen MR) is 100 cm³/mol. The number of anilines is 3. The van der Waals surface area contributed by atoms with Crippen molar-refractivity contribution in [3.8, 4) is 0 Å². The number of ether oxygens (including phenoxy) is 1. The van der Waals surface area contributed by atoms with Gasteiger partial charge >= 0.3 is 6.09 Å². The molecule has 1 fully saturated rings. The Balaban J connectivity index is 1.67. The Bertz CT molecular complexity index is 780. The van der Waals surface area contributed by atoms with Crippen molar-refractivity contribution in [1.29, 1.82) is 0 Å². The highest BCUT2D eigenvalue weighted by atomic mass is 35.5. The van der Waals surface area contributed by atoms with E-state index in [4.69, 9.17) is 16.3 Å². The molecule has 1 aliphatic rings. The molecular weight excluding hydrogens is 356 g/mol. The van der Waals surface area contributed by atoms with Crippen molar-refractivity contribution in [1.82, 2.24) is 20.1 Å². The van der Waals surface area contributed by atoms with Crippen LogP contribution in [0.5, 0.6) is 0 Å². The average Bonchev–Trinajstić information content (AvgIpc) is 2.66. The average molecular weight is 377 g/mol. The lowest BCUT2D eigenvalue weighted by molar-refractivity contribution is 0.105. The number of rotatable bonds is 4. The number of benzene rings is 1. The first-order chi connectivity index (χ1) is 12.6. The molecule has 9 heteroatoms. The molecule has 0 spiro atoms. The summed E-state index contributed by atoms with van der Waals surface area (Å²) >= 11 is 6.16. The number of hydrogen-bond acceptors (Lipinski definition) is 7. The number of nitrogens with zero attached hydrogens (tertiary/aromatic N) is 5. The van der Waals surface area contributed by atoms with Crippen LogP contribution in [0.2, 0.25) is 5.02 Å². The largest absolute Gasteiger partial charge is 0.450 e. The predicted octanol–water partition coefficient (Wildman–Crippen LogP) is 2.86. The van der Waals surface area contributed by atoms with Crippen LogP contribution in [-0.4, -0.2) is 59.0 Å². The van der Waals surface area contributed by atoms with Gasteiger partial charge in [0.25, 0.3) is 0 Å². The normalized spacial score (nSPS) is 14.3. The van der Waals surface area contributed by atoms with Crippen molar-refractivity contribution >= 4 is 35.1 Å². The van der Waals surface area contributed by atoms with Crippen LogP contribution in [0.1, 0.15) is 12.5 Å². The van der Waals surface area contributed by atoms with E-state index < -0.39 is 0 Å². The molecule has 1 N–H and O–H groups in total. The number of carbonyl (C=O) groups excluding carboxylic acids is 1. The molecule has 0 atom stereocenters. The molecule has 26 heavy (non-hydrogen) atoms. The fourth-order valence-electron chi connectivity index (χ4n) is 2.67. The molecule has 1 saturated heterocycles. The summed E-state index contributed by atoms with van der Waals surface area (Å²) in [6.45, 7) is 6.49. The summed E-state index contributed by atoms with van der Waals surface area (Å²) in [6.07, 6.45) is 1.29. The molecule has 1 amide bonds. The number of nitrogens with one attached hydrogen (secondary N) is 1. The summed E-state index contributed by atoms with van der Waals surface area (Å²) in [5, 5.41) is 12.1. The Labute approximate surface area is 157 Å². The molecular formula is C17H21ClN6O2. The standard InChI is InChI=1S/C17H21ClN6O2/c1-3-26-17(25)24-9-7-23(8-10-24)16-21-15(11-19-22-16)20-14-6-4-5-13(18)12(14)2/h4-6,11H,3,7-10H2,1-2H3,(H,20,21,22). The fraction of sp³-hybridized carbons (Fsp3) is 0.412. The highest BCUT2D eigenvalue weighted by molar-refractivity contribution is 6.31. The minimum absolute atomic E-state index is 0.280. The lowest BCUT2D eigenvalue weighted by Gasteiger charge is -2.33. The van der Waals surface area contributed by atoms with Crippen molar-refractivity contribution in [3.05, 3.63) is 35.0 Å². The van der Waals surface area contributed by atoms with Crippen LogP contribution >= 0.6 is 11.6 Å². The van der Waals surface area contributed by atoms with Gasteiger partial charge in [0, 0.05) is 36.9 Å². The minimum atomic E-state index is -0.280. The van der Waals surface area contributed by atoms with E-state index in [9.17, 15) is 4.79 Å². The van der Waals surface area contributed by atoms with Crippen LogP contribution in [0, 0.1) is 6.92 Å². The zero-order valence-electron chi connectivity index (χ0n) is 14.8. The topological polar surface area (TPSA) is 83.5 Å². The molecule has 1 aromatic carbocycles. The smallest absolute Gasteiger partial charge is 0.409 e. The monoisotopic (exact) mass is 376 g/mol. The number of carbonyl (C=O) groups is 1.